The molecule has 0 atom stereocenters. The van der Waals surface area contributed by atoms with E-state index in [1.54, 1.807) is 0 Å². The molecule has 0 spiro atoms. The molecule has 8 bridgehead atoms. The van der Waals surface area contributed by atoms with E-state index >= 15 is 0 Å². The number of fused-ring (bicyclic) bond motifs is 8. The Morgan fingerprint density at radius 1 is 0.407 bits per heavy atom. The number of terminal acetylenes is 1. The van der Waals surface area contributed by atoms with Crippen molar-refractivity contribution in [2.24, 2.45) is 0 Å². The highest BCUT2D eigenvalue weighted by molar-refractivity contribution is 6.05. The highest BCUT2D eigenvalue weighted by atomic mass is 14.8. The number of rotatable bonds is 4. The van der Waals surface area contributed by atoms with Gasteiger partial charge in [0.15, 0.2) is 0 Å². The Balaban J connectivity index is 1.50. The van der Waals surface area contributed by atoms with Gasteiger partial charge in [0.1, 0.15) is 0 Å². The first-order valence-electron chi connectivity index (χ1n) is 18.3. The van der Waals surface area contributed by atoms with Crippen LogP contribution in [-0.2, 0) is 0 Å². The van der Waals surface area contributed by atoms with Crippen molar-refractivity contribution in [1.82, 2.24) is 19.9 Å². The van der Waals surface area contributed by atoms with Crippen molar-refractivity contribution in [2.45, 2.75) is 27.7 Å². The van der Waals surface area contributed by atoms with Gasteiger partial charge in [-0.3, -0.25) is 0 Å². The van der Waals surface area contributed by atoms with Gasteiger partial charge in [0, 0.05) is 44.3 Å². The number of hydrogen-bond acceptors (Lipinski definition) is 2. The lowest BCUT2D eigenvalue weighted by molar-refractivity contribution is 1.30. The van der Waals surface area contributed by atoms with Crippen LogP contribution in [0.4, 0.5) is 0 Å². The Bertz CT molecular complexity index is 2870. The average Bonchev–Trinajstić information content (AvgIpc) is 4.01. The zero-order chi connectivity index (χ0) is 36.9. The maximum atomic E-state index is 6.35. The molecule has 0 aliphatic carbocycles. The first-order chi connectivity index (χ1) is 26.3. The summed E-state index contributed by atoms with van der Waals surface area (Å²) in [6.45, 7) is 8.43. The number of benzene rings is 4. The summed E-state index contributed by atoms with van der Waals surface area (Å²) in [5.74, 6) is 3.01. The largest absolute Gasteiger partial charge is 0.354 e. The molecule has 7 aromatic rings. The molecule has 9 rings (SSSR count). The number of aromatic amines is 2. The molecule has 2 aliphatic heterocycles. The van der Waals surface area contributed by atoms with Crippen LogP contribution in [0.3, 0.4) is 0 Å². The van der Waals surface area contributed by atoms with E-state index in [0.717, 1.165) is 94.9 Å². The highest BCUT2D eigenvalue weighted by Crippen LogP contribution is 2.40. The van der Waals surface area contributed by atoms with Crippen LogP contribution in [0.15, 0.2) is 121 Å². The number of hydrogen-bond donors (Lipinski definition) is 2. The predicted molar refractivity (Wildman–Crippen MR) is 227 cm³/mol. The summed E-state index contributed by atoms with van der Waals surface area (Å²) in [6.07, 6.45) is 12.7. The van der Waals surface area contributed by atoms with E-state index in [4.69, 9.17) is 16.4 Å². The number of aryl methyl sites for hydroxylation is 4. The van der Waals surface area contributed by atoms with E-state index in [2.05, 4.69) is 183 Å². The molecule has 0 saturated carbocycles. The van der Waals surface area contributed by atoms with Gasteiger partial charge < -0.3 is 9.97 Å². The third kappa shape index (κ3) is 5.87. The van der Waals surface area contributed by atoms with Gasteiger partial charge in [-0.1, -0.05) is 125 Å². The first kappa shape index (κ1) is 32.9. The average molecular weight is 695 g/mol. The molecule has 2 aliphatic rings. The van der Waals surface area contributed by atoms with Crippen molar-refractivity contribution < 1.29 is 0 Å². The van der Waals surface area contributed by atoms with E-state index < -0.39 is 0 Å². The van der Waals surface area contributed by atoms with Gasteiger partial charge in [0.05, 0.1) is 28.3 Å². The fraction of sp³-hybridized carbons (Fsp3) is 0.0800. The molecule has 2 N–H and O–H groups in total. The Hall–Kier alpha value is -6.96. The zero-order valence-electron chi connectivity index (χ0n) is 30.8. The van der Waals surface area contributed by atoms with Crippen LogP contribution >= 0.6 is 0 Å². The van der Waals surface area contributed by atoms with E-state index in [1.165, 1.54) is 22.3 Å². The quantitative estimate of drug-likeness (QED) is 0.180. The molecule has 4 heteroatoms. The van der Waals surface area contributed by atoms with Crippen LogP contribution in [0.5, 0.6) is 0 Å². The molecule has 0 fully saturated rings. The smallest absolute Gasteiger partial charge is 0.0893 e. The highest BCUT2D eigenvalue weighted by Gasteiger charge is 2.22. The molecule has 0 saturated heterocycles. The third-order valence-electron chi connectivity index (χ3n) is 10.4. The summed E-state index contributed by atoms with van der Waals surface area (Å²) in [7, 11) is 0. The lowest BCUT2D eigenvalue weighted by atomic mass is 9.99. The van der Waals surface area contributed by atoms with Gasteiger partial charge >= 0.3 is 0 Å². The molecule has 5 heterocycles. The molecule has 4 nitrogen and oxygen atoms in total. The van der Waals surface area contributed by atoms with Gasteiger partial charge in [-0.2, -0.15) is 0 Å². The molecular formula is C50H38N4. The fourth-order valence-corrected chi connectivity index (χ4v) is 7.49. The summed E-state index contributed by atoms with van der Waals surface area (Å²) < 4.78 is 0. The van der Waals surface area contributed by atoms with Crippen molar-refractivity contribution in [2.75, 3.05) is 0 Å². The Kier molecular flexibility index (Phi) is 8.06. The molecule has 54 heavy (non-hydrogen) atoms. The van der Waals surface area contributed by atoms with E-state index in [9.17, 15) is 0 Å². The number of H-pyrrole nitrogens is 2. The lowest BCUT2D eigenvalue weighted by Crippen LogP contribution is -1.91. The molecular weight excluding hydrogens is 657 g/mol. The maximum Gasteiger partial charge on any atom is 0.0893 e. The number of nitrogens with zero attached hydrogens (tertiary/aromatic N) is 2. The van der Waals surface area contributed by atoms with Crippen LogP contribution < -0.4 is 0 Å². The van der Waals surface area contributed by atoms with Gasteiger partial charge in [-0.15, -0.1) is 6.42 Å². The molecule has 3 aromatic heterocycles. The van der Waals surface area contributed by atoms with Crippen LogP contribution in [0.25, 0.3) is 90.4 Å². The van der Waals surface area contributed by atoms with Crippen molar-refractivity contribution >= 4 is 45.9 Å². The minimum absolute atomic E-state index is 0.731. The first-order valence-corrected chi connectivity index (χ1v) is 18.3. The van der Waals surface area contributed by atoms with Crippen LogP contribution in [0.2, 0.25) is 0 Å². The van der Waals surface area contributed by atoms with Crippen LogP contribution in [-0.4, -0.2) is 19.9 Å². The second-order valence-corrected chi connectivity index (χ2v) is 14.3. The maximum absolute atomic E-state index is 6.35. The minimum Gasteiger partial charge on any atom is -0.354 e. The van der Waals surface area contributed by atoms with Crippen LogP contribution in [0, 0.1) is 40.0 Å². The molecule has 4 aromatic carbocycles. The second-order valence-electron chi connectivity index (χ2n) is 14.3. The summed E-state index contributed by atoms with van der Waals surface area (Å²) >= 11 is 0. The number of allylic oxidation sites excluding steroid dienone is 1. The number of aromatic nitrogens is 4. The zero-order valence-corrected chi connectivity index (χ0v) is 30.8. The number of nitrogens with one attached hydrogen (secondary N) is 2. The van der Waals surface area contributed by atoms with Gasteiger partial charge in [-0.25, -0.2) is 9.97 Å². The van der Waals surface area contributed by atoms with E-state index in [-0.39, 0.29) is 0 Å². The lowest BCUT2D eigenvalue weighted by Gasteiger charge is -2.08. The summed E-state index contributed by atoms with van der Waals surface area (Å²) in [5.41, 5.74) is 20.8. The van der Waals surface area contributed by atoms with Gasteiger partial charge in [0.25, 0.3) is 0 Å². The van der Waals surface area contributed by atoms with Crippen LogP contribution in [0.1, 0.15) is 45.0 Å². The predicted octanol–water partition coefficient (Wildman–Crippen LogP) is 12.6. The SMILES string of the molecule is C#CC1=Cc2nc1c(-c1ccc(C)cc1)c1ccc([nH]1)c(-c1ccc(C)cc1)c1nc(c(-c3ccc(C)cc3)c3ccc([nH]3)c2-c2ccc(C)cc2)C=C1. The topological polar surface area (TPSA) is 57.4 Å². The van der Waals surface area contributed by atoms with Crippen molar-refractivity contribution in [1.29, 1.82) is 0 Å². The van der Waals surface area contributed by atoms with Crippen molar-refractivity contribution in [3.05, 3.63) is 166 Å². The molecule has 258 valence electrons. The Morgan fingerprint density at radius 2 is 0.741 bits per heavy atom. The second kappa shape index (κ2) is 13.2. The summed E-state index contributed by atoms with van der Waals surface area (Å²) in [6, 6.07) is 43.1. The Morgan fingerprint density at radius 3 is 1.11 bits per heavy atom. The van der Waals surface area contributed by atoms with Gasteiger partial charge in [0.2, 0.25) is 0 Å². The normalized spacial score (nSPS) is 12.1. The molecule has 0 radical (unpaired) electrons. The molecule has 0 amide bonds. The summed E-state index contributed by atoms with van der Waals surface area (Å²) in [5, 5.41) is 0. The minimum atomic E-state index is 0.731. The van der Waals surface area contributed by atoms with E-state index in [0.29, 0.717) is 0 Å². The fourth-order valence-electron chi connectivity index (χ4n) is 7.49. The van der Waals surface area contributed by atoms with Crippen molar-refractivity contribution in [3.63, 3.8) is 0 Å². The monoisotopic (exact) mass is 694 g/mol. The van der Waals surface area contributed by atoms with Crippen molar-refractivity contribution in [3.8, 4) is 56.9 Å². The van der Waals surface area contributed by atoms with Gasteiger partial charge in [-0.05, 0) is 92.4 Å². The standard InChI is InChI=1S/C50H38N4/c1-6-34-29-45-48(37-19-11-32(4)12-20-37)43-26-25-41(52-43)46(35-15-7-30(2)8-16-35)39-23-24-40(51-39)47(36-17-9-31(3)10-18-36)42-27-28-44(53-42)49(50(34)54-45)38-21-13-33(5)14-22-38/h1,7-29,52-53H,2-5H3. The van der Waals surface area contributed by atoms with E-state index in [1.807, 2.05) is 0 Å². The molecule has 0 unspecified atom stereocenters. The Labute approximate surface area is 315 Å². The summed E-state index contributed by atoms with van der Waals surface area (Å²) in [4.78, 5) is 18.5. The third-order valence-corrected chi connectivity index (χ3v) is 10.4.